The average Bonchev–Trinajstić information content (AvgIpc) is 2.06. The fraction of sp³-hybridized carbons (Fsp3) is 1.00. The molecule has 0 aliphatic heterocycles. The second-order valence-corrected chi connectivity index (χ2v) is 3.21. The molecule has 1 atom stereocenters. The summed E-state index contributed by atoms with van der Waals surface area (Å²) >= 11 is 4.15. The van der Waals surface area contributed by atoms with Crippen LogP contribution in [0.1, 0.15) is 45.4 Å². The Morgan fingerprint density at radius 1 is 1.17 bits per heavy atom. The van der Waals surface area contributed by atoms with E-state index in [9.17, 15) is 0 Å². The maximum Gasteiger partial charge on any atom is 0.491 e. The van der Waals surface area contributed by atoms with Gasteiger partial charge in [-0.3, -0.25) is 0 Å². The second-order valence-electron chi connectivity index (χ2n) is 2.58. The molecule has 0 aromatic carbocycles. The summed E-state index contributed by atoms with van der Waals surface area (Å²) < 4.78 is 8.51. The van der Waals surface area contributed by atoms with E-state index in [-0.39, 0.29) is 0 Å². The Morgan fingerprint density at radius 3 is 2.00 bits per heavy atom. The molecule has 0 bridgehead atoms. The highest BCUT2D eigenvalue weighted by Gasteiger charge is 1.86. The summed E-state index contributed by atoms with van der Waals surface area (Å²) in [5, 5.41) is 0. The first kappa shape index (κ1) is 14.9. The smallest absolute Gasteiger partial charge is 0.179 e. The highest BCUT2D eigenvalue weighted by molar-refractivity contribution is 7.80. The van der Waals surface area contributed by atoms with Crippen LogP contribution in [0.2, 0.25) is 0 Å². The highest BCUT2D eigenvalue weighted by Crippen LogP contribution is 2.04. The Hall–Kier alpha value is 0.410. The summed E-state index contributed by atoms with van der Waals surface area (Å²) in [5.41, 5.74) is 0. The van der Waals surface area contributed by atoms with E-state index < -0.39 is 8.69 Å². The Kier molecular flexibility index (Phi) is 21.7. The van der Waals surface area contributed by atoms with Gasteiger partial charge >= 0.3 is 8.69 Å². The number of rotatable bonds is 6. The normalized spacial score (nSPS) is 9.25. The van der Waals surface area contributed by atoms with Gasteiger partial charge in [-0.1, -0.05) is 39.0 Å². The maximum absolute atomic E-state index is 8.51. The van der Waals surface area contributed by atoms with Crippen LogP contribution in [0.15, 0.2) is 0 Å². The predicted octanol–water partition coefficient (Wildman–Crippen LogP) is 3.19. The predicted molar refractivity (Wildman–Crippen MR) is 58.4 cm³/mol. The van der Waals surface area contributed by atoms with Crippen molar-refractivity contribution in [3.8, 4) is 0 Å². The van der Waals surface area contributed by atoms with Crippen LogP contribution in [-0.2, 0) is 4.57 Å². The first-order valence-corrected chi connectivity index (χ1v) is 5.94. The minimum Gasteiger partial charge on any atom is -0.179 e. The van der Waals surface area contributed by atoms with Gasteiger partial charge in [-0.05, 0) is 16.7 Å². The van der Waals surface area contributed by atoms with Crippen molar-refractivity contribution in [2.45, 2.75) is 45.4 Å². The minimum atomic E-state index is -1.17. The van der Waals surface area contributed by atoms with Crippen LogP contribution in [0.3, 0.4) is 0 Å². The molecular weight excluding hydrogens is 191 g/mol. The van der Waals surface area contributed by atoms with E-state index in [1.807, 2.05) is 0 Å². The molecular formula is C8H20O2PS+. The van der Waals surface area contributed by atoms with E-state index in [0.29, 0.717) is 0 Å². The standard InChI is InChI=1S/C8H18S.HO2P/c1-2-3-4-5-6-7-8-9;1-3-2/h9H,2-8H2,1H3;3H/p+1. The van der Waals surface area contributed by atoms with E-state index in [1.54, 1.807) is 0 Å². The van der Waals surface area contributed by atoms with Crippen LogP contribution in [0.4, 0.5) is 0 Å². The lowest BCUT2D eigenvalue weighted by atomic mass is 10.1. The largest absolute Gasteiger partial charge is 0.491 e. The van der Waals surface area contributed by atoms with Crippen LogP contribution < -0.4 is 0 Å². The monoisotopic (exact) mass is 211 g/mol. The molecule has 0 heterocycles. The highest BCUT2D eigenvalue weighted by atomic mass is 32.1. The molecule has 0 saturated heterocycles. The summed E-state index contributed by atoms with van der Waals surface area (Å²) in [4.78, 5) is 7.04. The molecule has 1 unspecified atom stereocenters. The fourth-order valence-electron chi connectivity index (χ4n) is 0.892. The van der Waals surface area contributed by atoms with E-state index in [0.717, 1.165) is 5.75 Å². The molecule has 0 fully saturated rings. The third-order valence-electron chi connectivity index (χ3n) is 1.51. The van der Waals surface area contributed by atoms with E-state index in [2.05, 4.69) is 19.6 Å². The van der Waals surface area contributed by atoms with Crippen LogP contribution in [0, 0.1) is 0 Å². The first-order chi connectivity index (χ1) is 5.83. The Bertz CT molecular complexity index is 75.5. The molecule has 0 aliphatic rings. The first-order valence-electron chi connectivity index (χ1n) is 4.45. The van der Waals surface area contributed by atoms with Crippen molar-refractivity contribution in [3.05, 3.63) is 0 Å². The van der Waals surface area contributed by atoms with E-state index >= 15 is 0 Å². The van der Waals surface area contributed by atoms with Crippen LogP contribution >= 0.6 is 21.3 Å². The lowest BCUT2D eigenvalue weighted by Gasteiger charge is -1.95. The third-order valence-corrected chi connectivity index (χ3v) is 1.83. The van der Waals surface area contributed by atoms with Crippen molar-refractivity contribution in [1.29, 1.82) is 0 Å². The molecule has 0 spiro atoms. The van der Waals surface area contributed by atoms with Gasteiger partial charge in [0.25, 0.3) is 0 Å². The van der Waals surface area contributed by atoms with Gasteiger partial charge in [0.2, 0.25) is 0 Å². The molecule has 0 rings (SSSR count). The zero-order valence-electron chi connectivity index (χ0n) is 7.75. The van der Waals surface area contributed by atoms with Crippen molar-refractivity contribution >= 4 is 21.3 Å². The lowest BCUT2D eigenvalue weighted by Crippen LogP contribution is -1.78. The molecule has 0 aromatic rings. The number of hydrogen-bond donors (Lipinski definition) is 2. The van der Waals surface area contributed by atoms with Crippen LogP contribution in [0.25, 0.3) is 0 Å². The van der Waals surface area contributed by atoms with Gasteiger partial charge in [0, 0.05) is 0 Å². The topological polar surface area (TPSA) is 37.3 Å². The Labute approximate surface area is 82.5 Å². The van der Waals surface area contributed by atoms with Gasteiger partial charge in [0.15, 0.2) is 0 Å². The van der Waals surface area contributed by atoms with Gasteiger partial charge in [0.05, 0.1) is 0 Å². The number of thiol groups is 1. The summed E-state index contributed by atoms with van der Waals surface area (Å²) in [6.07, 6.45) is 8.27. The molecule has 12 heavy (non-hydrogen) atoms. The molecule has 0 amide bonds. The molecule has 0 radical (unpaired) electrons. The molecule has 74 valence electrons. The lowest BCUT2D eigenvalue weighted by molar-refractivity contribution is 0.524. The van der Waals surface area contributed by atoms with Crippen LogP contribution in [-0.4, -0.2) is 10.6 Å². The van der Waals surface area contributed by atoms with Crippen molar-refractivity contribution < 1.29 is 9.46 Å². The zero-order chi connectivity index (χ0) is 9.66. The number of hydrogen-bond acceptors (Lipinski definition) is 2. The third kappa shape index (κ3) is 22.4. The fourth-order valence-corrected chi connectivity index (χ4v) is 1.12. The van der Waals surface area contributed by atoms with Gasteiger partial charge in [-0.25, -0.2) is 0 Å². The molecule has 4 heteroatoms. The van der Waals surface area contributed by atoms with Crippen LogP contribution in [0.5, 0.6) is 0 Å². The van der Waals surface area contributed by atoms with Gasteiger partial charge < -0.3 is 0 Å². The van der Waals surface area contributed by atoms with Crippen molar-refractivity contribution in [1.82, 2.24) is 0 Å². The zero-order valence-corrected chi connectivity index (χ0v) is 9.65. The van der Waals surface area contributed by atoms with E-state index in [1.165, 1.54) is 38.5 Å². The molecule has 2 nitrogen and oxygen atoms in total. The SMILES string of the molecule is CCCCCCCCS.O=[PH+]O. The summed E-state index contributed by atoms with van der Waals surface area (Å²) in [7, 11) is -1.17. The summed E-state index contributed by atoms with van der Waals surface area (Å²) in [6, 6.07) is 0. The molecule has 0 aliphatic carbocycles. The molecule has 0 aromatic heterocycles. The van der Waals surface area contributed by atoms with Crippen molar-refractivity contribution in [2.75, 3.05) is 5.75 Å². The van der Waals surface area contributed by atoms with Crippen molar-refractivity contribution in [2.24, 2.45) is 0 Å². The Balaban J connectivity index is 0. The number of unbranched alkanes of at least 4 members (excludes halogenated alkanes) is 5. The molecule has 0 saturated carbocycles. The van der Waals surface area contributed by atoms with E-state index in [4.69, 9.17) is 9.46 Å². The van der Waals surface area contributed by atoms with Gasteiger partial charge in [0.1, 0.15) is 0 Å². The molecule has 1 N–H and O–H groups in total. The summed E-state index contributed by atoms with van der Waals surface area (Å²) in [5.74, 6) is 1.06. The van der Waals surface area contributed by atoms with Gasteiger partial charge in [-0.15, -0.1) is 0 Å². The second kappa shape index (κ2) is 17.5. The summed E-state index contributed by atoms with van der Waals surface area (Å²) in [6.45, 7) is 2.25. The average molecular weight is 211 g/mol. The van der Waals surface area contributed by atoms with Crippen molar-refractivity contribution in [3.63, 3.8) is 0 Å². The van der Waals surface area contributed by atoms with Gasteiger partial charge in [-0.2, -0.15) is 17.5 Å². The minimum absolute atomic E-state index is 1.06. The maximum atomic E-state index is 8.51. The quantitative estimate of drug-likeness (QED) is 0.402. The Morgan fingerprint density at radius 2 is 1.58 bits per heavy atom.